The standard InChI is InChI=1S/C18H23F3N4O2.2ClH/c19-18(20,21)15-6-5-13(10-23-15)17(27)25-8-2-3-12(11-25)9-24-16(26)14-4-1-7-22-14;;/h5-6,10,12,14,22H,1-4,7-9,11H2,(H,24,26);2*1H. The minimum absolute atomic E-state index is 0. The first kappa shape index (κ1) is 25.5. The lowest BCUT2D eigenvalue weighted by atomic mass is 9.97. The van der Waals surface area contributed by atoms with E-state index in [1.54, 1.807) is 4.90 Å². The second kappa shape index (κ2) is 11.0. The number of aromatic nitrogens is 1. The van der Waals surface area contributed by atoms with E-state index in [0.29, 0.717) is 19.6 Å². The van der Waals surface area contributed by atoms with Crippen LogP contribution in [-0.4, -0.2) is 53.9 Å². The first-order valence-electron chi connectivity index (χ1n) is 9.18. The monoisotopic (exact) mass is 456 g/mol. The number of nitrogens with one attached hydrogen (secondary N) is 2. The van der Waals surface area contributed by atoms with Crippen molar-refractivity contribution in [3.8, 4) is 0 Å². The second-order valence-corrected chi connectivity index (χ2v) is 7.08. The number of alkyl halides is 3. The Bertz CT molecular complexity index is 683. The van der Waals surface area contributed by atoms with Gasteiger partial charge in [0.1, 0.15) is 5.69 Å². The Morgan fingerprint density at radius 3 is 2.55 bits per heavy atom. The molecule has 3 rings (SSSR count). The molecule has 2 amide bonds. The van der Waals surface area contributed by atoms with Gasteiger partial charge in [-0.25, -0.2) is 0 Å². The summed E-state index contributed by atoms with van der Waals surface area (Å²) < 4.78 is 37.8. The summed E-state index contributed by atoms with van der Waals surface area (Å²) >= 11 is 0. The summed E-state index contributed by atoms with van der Waals surface area (Å²) in [4.78, 5) is 29.6. The third-order valence-electron chi connectivity index (χ3n) is 5.05. The average Bonchev–Trinajstić information content (AvgIpc) is 3.20. The van der Waals surface area contributed by atoms with Gasteiger partial charge in [0.15, 0.2) is 0 Å². The van der Waals surface area contributed by atoms with Crippen LogP contribution in [0, 0.1) is 5.92 Å². The molecule has 0 spiro atoms. The second-order valence-electron chi connectivity index (χ2n) is 7.08. The molecule has 2 aliphatic rings. The molecule has 0 aliphatic carbocycles. The molecule has 0 bridgehead atoms. The van der Waals surface area contributed by atoms with Crippen LogP contribution in [0.3, 0.4) is 0 Å². The normalized spacial score (nSPS) is 21.7. The van der Waals surface area contributed by atoms with Crippen LogP contribution in [0.25, 0.3) is 0 Å². The van der Waals surface area contributed by atoms with Gasteiger partial charge in [0.05, 0.1) is 11.6 Å². The van der Waals surface area contributed by atoms with Gasteiger partial charge in [0.2, 0.25) is 5.91 Å². The van der Waals surface area contributed by atoms with Gasteiger partial charge >= 0.3 is 6.18 Å². The minimum Gasteiger partial charge on any atom is -0.354 e. The Morgan fingerprint density at radius 1 is 1.21 bits per heavy atom. The van der Waals surface area contributed by atoms with Crippen molar-refractivity contribution in [3.05, 3.63) is 29.6 Å². The minimum atomic E-state index is -4.52. The summed E-state index contributed by atoms with van der Waals surface area (Å²) in [7, 11) is 0. The Balaban J connectivity index is 0.00000210. The number of pyridine rings is 1. The lowest BCUT2D eigenvalue weighted by Gasteiger charge is -2.33. The van der Waals surface area contributed by atoms with E-state index in [4.69, 9.17) is 0 Å². The van der Waals surface area contributed by atoms with Crippen molar-refractivity contribution in [3.63, 3.8) is 0 Å². The zero-order valence-corrected chi connectivity index (χ0v) is 17.3. The molecule has 1 aromatic rings. The van der Waals surface area contributed by atoms with E-state index in [2.05, 4.69) is 15.6 Å². The van der Waals surface area contributed by atoms with Gasteiger partial charge < -0.3 is 15.5 Å². The van der Waals surface area contributed by atoms with Crippen molar-refractivity contribution < 1.29 is 22.8 Å². The molecule has 0 aromatic carbocycles. The molecule has 2 saturated heterocycles. The molecular formula is C18H25Cl2F3N4O2. The predicted molar refractivity (Wildman–Crippen MR) is 106 cm³/mol. The lowest BCUT2D eigenvalue weighted by Crippen LogP contribution is -2.46. The zero-order valence-electron chi connectivity index (χ0n) is 15.7. The summed E-state index contributed by atoms with van der Waals surface area (Å²) in [5, 5.41) is 6.08. The highest BCUT2D eigenvalue weighted by atomic mass is 35.5. The quantitative estimate of drug-likeness (QED) is 0.730. The SMILES string of the molecule is Cl.Cl.O=C(NCC1CCCN(C(=O)c2ccc(C(F)(F)F)nc2)C1)C1CCCN1. The van der Waals surface area contributed by atoms with Crippen LogP contribution >= 0.6 is 24.8 Å². The van der Waals surface area contributed by atoms with Crippen molar-refractivity contribution in [2.75, 3.05) is 26.2 Å². The fourth-order valence-corrected chi connectivity index (χ4v) is 3.56. The van der Waals surface area contributed by atoms with Crippen molar-refractivity contribution in [1.29, 1.82) is 0 Å². The van der Waals surface area contributed by atoms with E-state index < -0.39 is 11.9 Å². The van der Waals surface area contributed by atoms with Crippen molar-refractivity contribution >= 4 is 36.6 Å². The summed E-state index contributed by atoms with van der Waals surface area (Å²) in [5.41, 5.74) is -0.873. The first-order valence-corrected chi connectivity index (χ1v) is 9.18. The maximum absolute atomic E-state index is 12.6. The third kappa shape index (κ3) is 6.72. The number of nitrogens with zero attached hydrogens (tertiary/aromatic N) is 2. The van der Waals surface area contributed by atoms with Crippen LogP contribution in [0.5, 0.6) is 0 Å². The largest absolute Gasteiger partial charge is 0.433 e. The van der Waals surface area contributed by atoms with Gasteiger partial charge in [-0.05, 0) is 50.3 Å². The topological polar surface area (TPSA) is 74.3 Å². The van der Waals surface area contributed by atoms with Gasteiger partial charge in [0, 0.05) is 25.8 Å². The van der Waals surface area contributed by atoms with Crippen LogP contribution in [0.2, 0.25) is 0 Å². The Hall–Kier alpha value is -1.58. The molecule has 0 radical (unpaired) electrons. The van der Waals surface area contributed by atoms with Crippen LogP contribution in [0.15, 0.2) is 18.3 Å². The van der Waals surface area contributed by atoms with Crippen LogP contribution in [0.1, 0.15) is 41.7 Å². The Kier molecular flexibility index (Phi) is 9.64. The number of likely N-dealkylation sites (tertiary alicyclic amines) is 1. The van der Waals surface area contributed by atoms with Gasteiger partial charge in [-0.3, -0.25) is 14.6 Å². The number of piperidine rings is 1. The van der Waals surface area contributed by atoms with Crippen molar-refractivity contribution in [1.82, 2.24) is 20.5 Å². The summed E-state index contributed by atoms with van der Waals surface area (Å²) in [5.74, 6) is -0.205. The van der Waals surface area contributed by atoms with Gasteiger partial charge in [-0.1, -0.05) is 0 Å². The Labute approximate surface area is 179 Å². The molecule has 164 valence electrons. The van der Waals surface area contributed by atoms with Gasteiger partial charge in [0.25, 0.3) is 5.91 Å². The van der Waals surface area contributed by atoms with E-state index in [1.807, 2.05) is 0 Å². The van der Waals surface area contributed by atoms with Crippen LogP contribution in [-0.2, 0) is 11.0 Å². The first-order chi connectivity index (χ1) is 12.8. The number of halogens is 5. The lowest BCUT2D eigenvalue weighted by molar-refractivity contribution is -0.141. The molecule has 0 saturated carbocycles. The van der Waals surface area contributed by atoms with Crippen molar-refractivity contribution in [2.24, 2.45) is 5.92 Å². The molecular weight excluding hydrogens is 432 g/mol. The molecule has 2 unspecified atom stereocenters. The summed E-state index contributed by atoms with van der Waals surface area (Å²) in [6.07, 6.45) is -0.0328. The molecule has 11 heteroatoms. The number of rotatable bonds is 4. The Morgan fingerprint density at radius 2 is 1.97 bits per heavy atom. The van der Waals surface area contributed by atoms with E-state index in [-0.39, 0.29) is 54.2 Å². The zero-order chi connectivity index (χ0) is 19.4. The van der Waals surface area contributed by atoms with E-state index >= 15 is 0 Å². The van der Waals surface area contributed by atoms with Gasteiger partial charge in [-0.15, -0.1) is 24.8 Å². The van der Waals surface area contributed by atoms with Gasteiger partial charge in [-0.2, -0.15) is 13.2 Å². The predicted octanol–water partition coefficient (Wildman–Crippen LogP) is 2.66. The number of carbonyl (C=O) groups is 2. The maximum Gasteiger partial charge on any atom is 0.433 e. The van der Waals surface area contributed by atoms with E-state index in [0.717, 1.165) is 50.6 Å². The molecule has 2 atom stereocenters. The van der Waals surface area contributed by atoms with Crippen molar-refractivity contribution in [2.45, 2.75) is 37.9 Å². The molecule has 3 heterocycles. The summed E-state index contributed by atoms with van der Waals surface area (Å²) in [6.45, 7) is 2.36. The maximum atomic E-state index is 12.6. The third-order valence-corrected chi connectivity index (χ3v) is 5.05. The molecule has 2 fully saturated rings. The highest BCUT2D eigenvalue weighted by Gasteiger charge is 2.33. The van der Waals surface area contributed by atoms with Crippen LogP contribution in [0.4, 0.5) is 13.2 Å². The number of carbonyl (C=O) groups excluding carboxylic acids is 2. The summed E-state index contributed by atoms with van der Waals surface area (Å²) in [6, 6.07) is 1.85. The molecule has 2 N–H and O–H groups in total. The number of hydrogen-bond donors (Lipinski definition) is 2. The molecule has 29 heavy (non-hydrogen) atoms. The highest BCUT2D eigenvalue weighted by Crippen LogP contribution is 2.27. The molecule has 1 aromatic heterocycles. The smallest absolute Gasteiger partial charge is 0.354 e. The number of hydrogen-bond acceptors (Lipinski definition) is 4. The highest BCUT2D eigenvalue weighted by molar-refractivity contribution is 5.94. The fourth-order valence-electron chi connectivity index (χ4n) is 3.56. The average molecular weight is 457 g/mol. The number of amides is 2. The molecule has 2 aliphatic heterocycles. The molecule has 6 nitrogen and oxygen atoms in total. The fraction of sp³-hybridized carbons (Fsp3) is 0.611. The van der Waals surface area contributed by atoms with Crippen LogP contribution < -0.4 is 10.6 Å². The van der Waals surface area contributed by atoms with E-state index in [1.165, 1.54) is 0 Å². The van der Waals surface area contributed by atoms with E-state index in [9.17, 15) is 22.8 Å².